The average molecular weight is 461 g/mol. The van der Waals surface area contributed by atoms with E-state index in [0.717, 1.165) is 5.75 Å². The minimum absolute atomic E-state index is 0.0325. The fraction of sp³-hybridized carbons (Fsp3) is 0.259. The maximum Gasteiger partial charge on any atom is 0.253 e. The molecule has 1 fully saturated rings. The largest absolute Gasteiger partial charge is 0.493 e. The molecule has 7 nitrogen and oxygen atoms in total. The van der Waals surface area contributed by atoms with Crippen LogP contribution in [0.2, 0.25) is 0 Å². The van der Waals surface area contributed by atoms with Crippen molar-refractivity contribution in [3.05, 3.63) is 78.4 Å². The number of methoxy groups -OCH3 is 2. The lowest BCUT2D eigenvalue weighted by molar-refractivity contribution is -0.121. The molecule has 1 aliphatic heterocycles. The summed E-state index contributed by atoms with van der Waals surface area (Å²) < 4.78 is 16.3. The van der Waals surface area contributed by atoms with Gasteiger partial charge in [0.1, 0.15) is 11.5 Å². The first-order chi connectivity index (χ1) is 16.6. The van der Waals surface area contributed by atoms with Crippen molar-refractivity contribution in [3.8, 4) is 23.0 Å². The van der Waals surface area contributed by atoms with Gasteiger partial charge < -0.3 is 24.4 Å². The molecule has 4 rings (SSSR count). The highest BCUT2D eigenvalue weighted by Gasteiger charge is 2.28. The van der Waals surface area contributed by atoms with Crippen molar-refractivity contribution in [3.63, 3.8) is 0 Å². The summed E-state index contributed by atoms with van der Waals surface area (Å²) in [4.78, 5) is 27.5. The van der Waals surface area contributed by atoms with Gasteiger partial charge >= 0.3 is 0 Å². The van der Waals surface area contributed by atoms with Crippen LogP contribution < -0.4 is 19.5 Å². The molecule has 1 aliphatic rings. The number of ether oxygens (including phenoxy) is 3. The molecule has 1 saturated heterocycles. The minimum atomic E-state index is -0.144. The van der Waals surface area contributed by atoms with Gasteiger partial charge in [-0.05, 0) is 67.4 Å². The third kappa shape index (κ3) is 5.49. The fourth-order valence-corrected chi connectivity index (χ4v) is 3.97. The Balaban J connectivity index is 1.29. The van der Waals surface area contributed by atoms with Gasteiger partial charge in [-0.25, -0.2) is 0 Å². The summed E-state index contributed by atoms with van der Waals surface area (Å²) >= 11 is 0. The van der Waals surface area contributed by atoms with Crippen LogP contribution in [-0.4, -0.2) is 44.0 Å². The Morgan fingerprint density at radius 3 is 2.12 bits per heavy atom. The molecule has 34 heavy (non-hydrogen) atoms. The number of hydrogen-bond donors (Lipinski definition) is 1. The van der Waals surface area contributed by atoms with Gasteiger partial charge in [0, 0.05) is 30.3 Å². The van der Waals surface area contributed by atoms with Gasteiger partial charge in [0.05, 0.1) is 14.2 Å². The van der Waals surface area contributed by atoms with Crippen LogP contribution >= 0.6 is 0 Å². The molecular weight excluding hydrogens is 432 g/mol. The molecule has 0 bridgehead atoms. The van der Waals surface area contributed by atoms with Gasteiger partial charge in [0.25, 0.3) is 5.91 Å². The summed E-state index contributed by atoms with van der Waals surface area (Å²) in [5, 5.41) is 2.98. The van der Waals surface area contributed by atoms with Crippen LogP contribution in [0.4, 0.5) is 5.69 Å². The number of carbonyl (C=O) groups is 2. The highest BCUT2D eigenvalue weighted by Crippen LogP contribution is 2.29. The molecule has 2 amide bonds. The SMILES string of the molecule is COc1ccc(C(=O)N2CCC(C(=O)Nc3ccc(Oc4ccccc4)cc3)CC2)cc1OC. The zero-order chi connectivity index (χ0) is 23.9. The Hall–Kier alpha value is -4.00. The van der Waals surface area contributed by atoms with E-state index >= 15 is 0 Å². The van der Waals surface area contributed by atoms with Crippen LogP contribution in [0.25, 0.3) is 0 Å². The average Bonchev–Trinajstić information content (AvgIpc) is 2.89. The smallest absolute Gasteiger partial charge is 0.253 e. The number of carbonyl (C=O) groups excluding carboxylic acids is 2. The third-order valence-electron chi connectivity index (χ3n) is 5.88. The number of rotatable bonds is 7. The second-order valence-corrected chi connectivity index (χ2v) is 8.06. The Labute approximate surface area is 199 Å². The molecule has 0 unspecified atom stereocenters. The summed E-state index contributed by atoms with van der Waals surface area (Å²) in [5.41, 5.74) is 1.26. The zero-order valence-electron chi connectivity index (χ0n) is 19.3. The second kappa shape index (κ2) is 10.7. The molecule has 1 N–H and O–H groups in total. The number of hydrogen-bond acceptors (Lipinski definition) is 5. The molecule has 3 aromatic carbocycles. The van der Waals surface area contributed by atoms with Crippen molar-refractivity contribution in [1.29, 1.82) is 0 Å². The van der Waals surface area contributed by atoms with E-state index in [0.29, 0.717) is 54.4 Å². The van der Waals surface area contributed by atoms with Crippen LogP contribution in [0.3, 0.4) is 0 Å². The van der Waals surface area contributed by atoms with Gasteiger partial charge in [-0.3, -0.25) is 9.59 Å². The molecule has 0 aliphatic carbocycles. The molecular formula is C27H28N2O5. The summed E-state index contributed by atoms with van der Waals surface area (Å²) in [6, 6.07) is 22.0. The summed E-state index contributed by atoms with van der Waals surface area (Å²) in [5.74, 6) is 2.30. The molecule has 0 saturated carbocycles. The number of anilines is 1. The molecule has 0 radical (unpaired) electrons. The third-order valence-corrected chi connectivity index (χ3v) is 5.88. The predicted octanol–water partition coefficient (Wildman–Crippen LogP) is 4.99. The fourth-order valence-electron chi connectivity index (χ4n) is 3.97. The molecule has 7 heteroatoms. The van der Waals surface area contributed by atoms with E-state index in [1.54, 1.807) is 37.3 Å². The highest BCUT2D eigenvalue weighted by molar-refractivity contribution is 5.96. The number of benzene rings is 3. The Morgan fingerprint density at radius 2 is 1.47 bits per heavy atom. The van der Waals surface area contributed by atoms with Crippen molar-refractivity contribution < 1.29 is 23.8 Å². The lowest BCUT2D eigenvalue weighted by Crippen LogP contribution is -2.41. The Morgan fingerprint density at radius 1 is 0.824 bits per heavy atom. The van der Waals surface area contributed by atoms with Crippen LogP contribution in [0.1, 0.15) is 23.2 Å². The van der Waals surface area contributed by atoms with Gasteiger partial charge in [-0.15, -0.1) is 0 Å². The Bertz CT molecular complexity index is 1120. The molecule has 1 heterocycles. The van der Waals surface area contributed by atoms with Gasteiger partial charge in [-0.1, -0.05) is 18.2 Å². The number of para-hydroxylation sites is 1. The summed E-state index contributed by atoms with van der Waals surface area (Å²) in [7, 11) is 3.10. The van der Waals surface area contributed by atoms with Gasteiger partial charge in [0.15, 0.2) is 11.5 Å². The van der Waals surface area contributed by atoms with E-state index in [1.165, 1.54) is 0 Å². The topological polar surface area (TPSA) is 77.1 Å². The monoisotopic (exact) mass is 460 g/mol. The zero-order valence-corrected chi connectivity index (χ0v) is 19.3. The van der Waals surface area contributed by atoms with E-state index in [4.69, 9.17) is 14.2 Å². The molecule has 0 atom stereocenters. The first-order valence-electron chi connectivity index (χ1n) is 11.2. The lowest BCUT2D eigenvalue weighted by Gasteiger charge is -2.31. The van der Waals surface area contributed by atoms with Gasteiger partial charge in [-0.2, -0.15) is 0 Å². The number of piperidine rings is 1. The van der Waals surface area contributed by atoms with Crippen LogP contribution in [-0.2, 0) is 4.79 Å². The number of likely N-dealkylation sites (tertiary alicyclic amines) is 1. The molecule has 0 aromatic heterocycles. The van der Waals surface area contributed by atoms with Crippen molar-refractivity contribution in [2.45, 2.75) is 12.8 Å². The van der Waals surface area contributed by atoms with Crippen molar-refractivity contribution in [2.75, 3.05) is 32.6 Å². The van der Waals surface area contributed by atoms with E-state index in [1.807, 2.05) is 54.6 Å². The summed E-state index contributed by atoms with van der Waals surface area (Å²) in [6.07, 6.45) is 1.22. The van der Waals surface area contributed by atoms with E-state index in [-0.39, 0.29) is 17.7 Å². The van der Waals surface area contributed by atoms with E-state index < -0.39 is 0 Å². The van der Waals surface area contributed by atoms with E-state index in [2.05, 4.69) is 5.32 Å². The van der Waals surface area contributed by atoms with Crippen LogP contribution in [0, 0.1) is 5.92 Å². The van der Waals surface area contributed by atoms with Crippen molar-refractivity contribution in [1.82, 2.24) is 4.90 Å². The van der Waals surface area contributed by atoms with Crippen molar-refractivity contribution in [2.24, 2.45) is 5.92 Å². The number of nitrogens with zero attached hydrogens (tertiary/aromatic N) is 1. The normalized spacial score (nSPS) is 13.8. The lowest BCUT2D eigenvalue weighted by atomic mass is 9.95. The molecule has 3 aromatic rings. The van der Waals surface area contributed by atoms with Crippen LogP contribution in [0.5, 0.6) is 23.0 Å². The van der Waals surface area contributed by atoms with Crippen LogP contribution in [0.15, 0.2) is 72.8 Å². The first kappa shape index (κ1) is 23.2. The molecule has 0 spiro atoms. The maximum atomic E-state index is 12.9. The quantitative estimate of drug-likeness (QED) is 0.538. The predicted molar refractivity (Wildman–Crippen MR) is 130 cm³/mol. The standard InChI is InChI=1S/C27H28N2O5/c1-32-24-13-8-20(18-25(24)33-2)27(31)29-16-14-19(15-17-29)26(30)28-21-9-11-23(12-10-21)34-22-6-4-3-5-7-22/h3-13,18-19H,14-17H2,1-2H3,(H,28,30). The summed E-state index contributed by atoms with van der Waals surface area (Å²) in [6.45, 7) is 1.05. The minimum Gasteiger partial charge on any atom is -0.493 e. The maximum absolute atomic E-state index is 12.9. The van der Waals surface area contributed by atoms with E-state index in [9.17, 15) is 9.59 Å². The number of amides is 2. The first-order valence-corrected chi connectivity index (χ1v) is 11.2. The highest BCUT2D eigenvalue weighted by atomic mass is 16.5. The number of nitrogens with one attached hydrogen (secondary N) is 1. The molecule has 176 valence electrons. The second-order valence-electron chi connectivity index (χ2n) is 8.06. The Kier molecular flexibility index (Phi) is 7.32. The van der Waals surface area contributed by atoms with Crippen molar-refractivity contribution >= 4 is 17.5 Å². The van der Waals surface area contributed by atoms with Gasteiger partial charge in [0.2, 0.25) is 5.91 Å².